The van der Waals surface area contributed by atoms with Gasteiger partial charge in [-0.1, -0.05) is 132 Å². The van der Waals surface area contributed by atoms with Gasteiger partial charge in [-0.25, -0.2) is 4.79 Å². The summed E-state index contributed by atoms with van der Waals surface area (Å²) in [6.07, 6.45) is -17.8. The first kappa shape index (κ1) is 57.2. The zero-order valence-electron chi connectivity index (χ0n) is 44.2. The van der Waals surface area contributed by atoms with Gasteiger partial charge in [0.2, 0.25) is 0 Å². The highest BCUT2D eigenvalue weighted by Gasteiger charge is 2.51. The van der Waals surface area contributed by atoms with Crippen molar-refractivity contribution < 1.29 is 68.4 Å². The van der Waals surface area contributed by atoms with Crippen LogP contribution < -0.4 is 18.9 Å². The predicted molar refractivity (Wildman–Crippen MR) is 265 cm³/mol. The van der Waals surface area contributed by atoms with Crippen LogP contribution in [0.5, 0.6) is 23.0 Å². The van der Waals surface area contributed by atoms with Gasteiger partial charge in [0.1, 0.15) is 23.0 Å². The van der Waals surface area contributed by atoms with Gasteiger partial charge >= 0.3 is 24.5 Å². The zero-order valence-corrected chi connectivity index (χ0v) is 44.2. The van der Waals surface area contributed by atoms with Crippen molar-refractivity contribution in [3.8, 4) is 23.0 Å². The zero-order chi connectivity index (χ0) is 54.5. The van der Waals surface area contributed by atoms with Crippen molar-refractivity contribution >= 4 is 5.97 Å². The number of rotatable bonds is 15. The highest BCUT2D eigenvalue weighted by atomic mass is 19.4. The Kier molecular flexibility index (Phi) is 16.1. The number of carbonyl (C=O) groups is 1. The van der Waals surface area contributed by atoms with E-state index in [4.69, 9.17) is 18.9 Å². The van der Waals surface area contributed by atoms with Crippen LogP contribution in [0.1, 0.15) is 188 Å². The molecule has 2 aliphatic carbocycles. The van der Waals surface area contributed by atoms with Crippen molar-refractivity contribution in [1.82, 2.24) is 0 Å². The molecule has 4 aromatic rings. The summed E-state index contributed by atoms with van der Waals surface area (Å²) in [5.74, 6) is -0.236. The number of ether oxygens (including phenoxy) is 4. The molecule has 2 aliphatic rings. The Labute approximate surface area is 424 Å². The summed E-state index contributed by atoms with van der Waals surface area (Å²) in [6, 6.07) is 15.6. The van der Waals surface area contributed by atoms with Crippen molar-refractivity contribution in [2.24, 2.45) is 0 Å². The van der Waals surface area contributed by atoms with Crippen molar-refractivity contribution in [3.63, 3.8) is 0 Å². The van der Waals surface area contributed by atoms with Crippen LogP contribution in [-0.2, 0) is 51.1 Å². The number of hydrogen-bond donors (Lipinski definition) is 1. The normalized spacial score (nSPS) is 15.0. The molecule has 15 heteroatoms. The molecule has 0 saturated carbocycles. The fourth-order valence-electron chi connectivity index (χ4n) is 9.75. The summed E-state index contributed by atoms with van der Waals surface area (Å²) < 4.78 is 151. The van der Waals surface area contributed by atoms with Gasteiger partial charge in [0, 0.05) is 48.8 Å². The lowest BCUT2D eigenvalue weighted by atomic mass is 9.65. The molecule has 0 saturated heterocycles. The SMILES string of the molecule is CC(C)(C)c1cc2c(OCC(=O)O)c(c1)Cc1cc(C(C)(C)C)cc(c1OCCCC(F)(F)F)C1(Cc3cc(C(C)(C)C)cc1c3OCCCC(F)(F)F)c1cc(C(C)(C)C)cc(c1OCCCC(F)(F)F)C2. The summed E-state index contributed by atoms with van der Waals surface area (Å²) in [6.45, 7) is 22.3. The molecule has 4 aromatic carbocycles. The molecule has 6 rings (SSSR count). The number of fused-ring (bicyclic) bond motifs is 11. The lowest BCUT2D eigenvalue weighted by Gasteiger charge is -2.39. The second-order valence-corrected chi connectivity index (χ2v) is 24.0. The highest BCUT2D eigenvalue weighted by molar-refractivity contribution is 5.73. The predicted octanol–water partition coefficient (Wildman–Crippen LogP) is 15.9. The molecular weight excluding hydrogens is 964 g/mol. The smallest absolute Gasteiger partial charge is 0.389 e. The van der Waals surface area contributed by atoms with Crippen LogP contribution in [0.15, 0.2) is 48.5 Å². The first-order valence-electron chi connectivity index (χ1n) is 25.0. The molecule has 0 aromatic heterocycles. The molecule has 0 amide bonds. The second-order valence-electron chi connectivity index (χ2n) is 24.0. The summed E-state index contributed by atoms with van der Waals surface area (Å²) >= 11 is 0. The van der Waals surface area contributed by atoms with E-state index >= 15 is 0 Å². The molecule has 6 nitrogen and oxygen atoms in total. The average Bonchev–Trinajstić information content (AvgIpc) is 3.39. The maximum absolute atomic E-state index is 13.9. The second kappa shape index (κ2) is 20.6. The van der Waals surface area contributed by atoms with E-state index in [9.17, 15) is 49.4 Å². The molecule has 1 N–H and O–H groups in total. The standard InChI is InChI=1S/C58H71F9O6/c1-51(2,3)39-24-34-22-36-26-40(52(4,5)6)29-43(48(36)70-19-13-16-56(59,60)61)55(32-38-28-42(54(10,11)12)31-45(55)50(38)72-21-15-18-58(65,66)67)44-30-41(53(7,8)9)27-37(49(44)71-20-14-17-57(62,63)64)23-35(25-39)47(34)73-33-46(68)69/h24-31H,13-23,32-33H2,1-12H3,(H,68,69). The minimum Gasteiger partial charge on any atom is -0.493 e. The van der Waals surface area contributed by atoms with Crippen molar-refractivity contribution in [2.45, 2.75) is 186 Å². The Bertz CT molecular complexity index is 2540. The van der Waals surface area contributed by atoms with E-state index < -0.39 is 90.3 Å². The van der Waals surface area contributed by atoms with Gasteiger partial charge in [-0.05, 0) is 97.4 Å². The Morgan fingerprint density at radius 3 is 1.00 bits per heavy atom. The van der Waals surface area contributed by atoms with Gasteiger partial charge in [0.05, 0.1) is 25.2 Å². The number of alkyl halides is 9. The molecule has 0 unspecified atom stereocenters. The fourth-order valence-corrected chi connectivity index (χ4v) is 9.75. The number of hydrogen-bond acceptors (Lipinski definition) is 5. The largest absolute Gasteiger partial charge is 0.493 e. The number of carboxylic acids is 1. The number of halogens is 9. The van der Waals surface area contributed by atoms with Gasteiger partial charge in [0.15, 0.2) is 6.61 Å². The van der Waals surface area contributed by atoms with E-state index in [2.05, 4.69) is 0 Å². The van der Waals surface area contributed by atoms with Crippen molar-refractivity contribution in [2.75, 3.05) is 26.4 Å². The first-order valence-corrected chi connectivity index (χ1v) is 25.0. The molecule has 1 spiro atoms. The van der Waals surface area contributed by atoms with Crippen LogP contribution in [0.4, 0.5) is 39.5 Å². The number of carboxylic acid groups (broad SMARTS) is 1. The lowest BCUT2D eigenvalue weighted by molar-refractivity contribution is -0.139. The van der Waals surface area contributed by atoms with Crippen LogP contribution in [0.25, 0.3) is 0 Å². The Hall–Kier alpha value is -5.08. The van der Waals surface area contributed by atoms with Gasteiger partial charge in [0.25, 0.3) is 0 Å². The minimum absolute atomic E-state index is 0.0566. The molecule has 0 radical (unpaired) electrons. The highest BCUT2D eigenvalue weighted by Crippen LogP contribution is 2.60. The maximum Gasteiger partial charge on any atom is 0.389 e. The molecular formula is C58H71F9O6. The third kappa shape index (κ3) is 13.8. The van der Waals surface area contributed by atoms with Gasteiger partial charge in [-0.15, -0.1) is 0 Å². The quantitative estimate of drug-likeness (QED) is 0.0945. The maximum atomic E-state index is 13.9. The third-order valence-corrected chi connectivity index (χ3v) is 13.7. The van der Waals surface area contributed by atoms with E-state index in [1.165, 1.54) is 0 Å². The molecule has 0 heterocycles. The summed E-state index contributed by atoms with van der Waals surface area (Å²) in [5, 5.41) is 10.0. The van der Waals surface area contributed by atoms with Crippen LogP contribution in [0.3, 0.4) is 0 Å². The molecule has 402 valence electrons. The van der Waals surface area contributed by atoms with Gasteiger partial charge in [-0.2, -0.15) is 39.5 Å². The molecule has 8 bridgehead atoms. The fraction of sp³-hybridized carbons (Fsp3) is 0.569. The molecule has 73 heavy (non-hydrogen) atoms. The lowest BCUT2D eigenvalue weighted by Crippen LogP contribution is -2.33. The van der Waals surface area contributed by atoms with Gasteiger partial charge < -0.3 is 24.1 Å². The summed E-state index contributed by atoms with van der Waals surface area (Å²) in [5.41, 5.74) is 3.93. The first-order chi connectivity index (χ1) is 33.4. The van der Waals surface area contributed by atoms with Crippen LogP contribution >= 0.6 is 0 Å². The Morgan fingerprint density at radius 1 is 0.438 bits per heavy atom. The Balaban J connectivity index is 1.88. The average molecular weight is 1040 g/mol. The molecule has 0 aliphatic heterocycles. The van der Waals surface area contributed by atoms with E-state index in [1.54, 1.807) is 0 Å². The van der Waals surface area contributed by atoms with Crippen LogP contribution in [0, 0.1) is 0 Å². The van der Waals surface area contributed by atoms with Gasteiger partial charge in [-0.3, -0.25) is 0 Å². The monoisotopic (exact) mass is 1030 g/mol. The van der Waals surface area contributed by atoms with Crippen molar-refractivity contribution in [1.29, 1.82) is 0 Å². The topological polar surface area (TPSA) is 74.2 Å². The van der Waals surface area contributed by atoms with Crippen molar-refractivity contribution in [3.05, 3.63) is 115 Å². The number of aliphatic carboxylic acids is 1. The van der Waals surface area contributed by atoms with E-state index in [-0.39, 0.29) is 62.8 Å². The molecule has 0 atom stereocenters. The molecule has 0 fully saturated rings. The summed E-state index contributed by atoms with van der Waals surface area (Å²) in [7, 11) is 0. The third-order valence-electron chi connectivity index (χ3n) is 13.7. The minimum atomic E-state index is -4.50. The Morgan fingerprint density at radius 2 is 0.712 bits per heavy atom. The van der Waals surface area contributed by atoms with E-state index in [1.807, 2.05) is 132 Å². The van der Waals surface area contributed by atoms with Crippen LogP contribution in [-0.4, -0.2) is 56.0 Å². The number of benzene rings is 4. The van der Waals surface area contributed by atoms with Crippen LogP contribution in [0.2, 0.25) is 0 Å². The summed E-state index contributed by atoms with van der Waals surface area (Å²) in [4.78, 5) is 12.3. The van der Waals surface area contributed by atoms with E-state index in [0.29, 0.717) is 50.3 Å². The van der Waals surface area contributed by atoms with E-state index in [0.717, 1.165) is 22.3 Å².